The number of nitrogens with one attached hydrogen (secondary N) is 2. The van der Waals surface area contributed by atoms with E-state index in [1.807, 2.05) is 5.32 Å². The molecule has 40 heavy (non-hydrogen) atoms. The van der Waals surface area contributed by atoms with Gasteiger partial charge in [0.15, 0.2) is 5.69 Å². The number of halogens is 10. The first kappa shape index (κ1) is 32.9. The fraction of sp³-hybridized carbons (Fsp3) is 0.333. The highest BCUT2D eigenvalue weighted by atomic mass is 35.5. The number of alkyl halides is 9. The monoisotopic (exact) mass is 606 g/mol. The second-order valence-electron chi connectivity index (χ2n) is 8.34. The minimum Gasteiger partial charge on any atom is -0.345 e. The molecule has 6 nitrogen and oxygen atoms in total. The molecular formula is C24H22ClF9N3O3+. The molecule has 0 aliphatic heterocycles. The second kappa shape index (κ2) is 12.9. The van der Waals surface area contributed by atoms with Crippen molar-refractivity contribution in [1.29, 1.82) is 0 Å². The topological polar surface area (TPSA) is 84.0 Å². The number of carbonyl (C=O) groups excluding carboxylic acids is 2. The molecule has 0 spiro atoms. The Morgan fingerprint density at radius 1 is 1.02 bits per heavy atom. The summed E-state index contributed by atoms with van der Waals surface area (Å²) in [6, 6.07) is 3.81. The quantitative estimate of drug-likeness (QED) is 0.207. The molecule has 0 saturated carbocycles. The summed E-state index contributed by atoms with van der Waals surface area (Å²) in [7, 11) is 1.26. The molecule has 0 bridgehead atoms. The first-order valence-corrected chi connectivity index (χ1v) is 11.5. The van der Waals surface area contributed by atoms with Crippen molar-refractivity contribution in [3.63, 3.8) is 0 Å². The summed E-state index contributed by atoms with van der Waals surface area (Å²) in [5, 5.41) is 3.45. The summed E-state index contributed by atoms with van der Waals surface area (Å²) < 4.78 is 119. The van der Waals surface area contributed by atoms with Crippen LogP contribution in [0.1, 0.15) is 39.9 Å². The van der Waals surface area contributed by atoms with E-state index in [4.69, 9.17) is 16.4 Å². The maximum atomic E-state index is 13.8. The Bertz CT molecular complexity index is 1240. The average Bonchev–Trinajstić information content (AvgIpc) is 2.82. The number of benzene rings is 2. The zero-order valence-electron chi connectivity index (χ0n) is 20.6. The minimum atomic E-state index is -5.15. The van der Waals surface area contributed by atoms with E-state index < -0.39 is 60.0 Å². The number of carbonyl (C=O) groups is 2. The van der Waals surface area contributed by atoms with Gasteiger partial charge in [-0.3, -0.25) is 9.59 Å². The lowest BCUT2D eigenvalue weighted by Gasteiger charge is -2.19. The molecule has 2 rings (SSSR count). The third kappa shape index (κ3) is 9.41. The van der Waals surface area contributed by atoms with E-state index in [2.05, 4.69) is 0 Å². The van der Waals surface area contributed by atoms with Crippen LogP contribution in [0.5, 0.6) is 0 Å². The van der Waals surface area contributed by atoms with E-state index in [0.717, 1.165) is 36.7 Å². The fourth-order valence-electron chi connectivity index (χ4n) is 3.37. The maximum absolute atomic E-state index is 13.8. The predicted octanol–water partition coefficient (Wildman–Crippen LogP) is 5.27. The molecule has 16 heteroatoms. The summed E-state index contributed by atoms with van der Waals surface area (Å²) in [6.45, 7) is -0.764. The number of quaternary nitrogens is 1. The van der Waals surface area contributed by atoms with Crippen LogP contribution in [0.25, 0.3) is 6.08 Å². The fourth-order valence-corrected chi connectivity index (χ4v) is 3.53. The molecule has 2 atom stereocenters. The number of nitrogens with two attached hydrogens (primary N) is 1. The Hall–Kier alpha value is -3.30. The van der Waals surface area contributed by atoms with Crippen molar-refractivity contribution < 1.29 is 59.4 Å². The first-order chi connectivity index (χ1) is 18.3. The van der Waals surface area contributed by atoms with Crippen molar-refractivity contribution in [2.75, 3.05) is 13.7 Å². The Balaban J connectivity index is 2.36. The molecular weight excluding hydrogens is 585 g/mol. The van der Waals surface area contributed by atoms with Crippen LogP contribution in [0.2, 0.25) is 5.02 Å². The molecule has 2 unspecified atom stereocenters. The van der Waals surface area contributed by atoms with Crippen molar-refractivity contribution in [2.45, 2.75) is 37.4 Å². The summed E-state index contributed by atoms with van der Waals surface area (Å²) >= 11 is 5.93. The molecule has 0 aliphatic rings. The van der Waals surface area contributed by atoms with Gasteiger partial charge in [0.25, 0.3) is 5.91 Å². The Kier molecular flexibility index (Phi) is 10.6. The zero-order chi connectivity index (χ0) is 30.5. The largest absolute Gasteiger partial charge is 0.417 e. The molecule has 0 fully saturated rings. The van der Waals surface area contributed by atoms with E-state index >= 15 is 0 Å². The highest BCUT2D eigenvalue weighted by molar-refractivity contribution is 6.32. The van der Waals surface area contributed by atoms with Crippen molar-refractivity contribution >= 4 is 35.2 Å². The van der Waals surface area contributed by atoms with Crippen molar-refractivity contribution in [1.82, 2.24) is 10.6 Å². The average molecular weight is 607 g/mol. The Morgan fingerprint density at radius 2 is 1.68 bits per heavy atom. The van der Waals surface area contributed by atoms with Gasteiger partial charge in [0.1, 0.15) is 17.6 Å². The normalized spacial score (nSPS) is 14.2. The molecule has 220 valence electrons. The number of hydrogen-bond donors (Lipinski definition) is 3. The Labute approximate surface area is 226 Å². The predicted molar refractivity (Wildman–Crippen MR) is 125 cm³/mol. The third-order valence-corrected chi connectivity index (χ3v) is 5.60. The van der Waals surface area contributed by atoms with Crippen molar-refractivity contribution in [3.8, 4) is 0 Å². The van der Waals surface area contributed by atoms with Crippen LogP contribution in [0.4, 0.5) is 45.2 Å². The van der Waals surface area contributed by atoms with Gasteiger partial charge in [0, 0.05) is 6.07 Å². The lowest BCUT2D eigenvalue weighted by atomic mass is 9.95. The van der Waals surface area contributed by atoms with Crippen LogP contribution in [0, 0.1) is 0 Å². The van der Waals surface area contributed by atoms with E-state index in [1.54, 1.807) is 0 Å². The van der Waals surface area contributed by atoms with Crippen molar-refractivity contribution in [3.05, 3.63) is 69.8 Å². The van der Waals surface area contributed by atoms with Crippen LogP contribution < -0.4 is 16.1 Å². The summed E-state index contributed by atoms with van der Waals surface area (Å²) in [4.78, 5) is 29.0. The number of rotatable bonds is 9. The lowest BCUT2D eigenvalue weighted by molar-refractivity contribution is -0.830. The number of amides is 2. The van der Waals surface area contributed by atoms with Gasteiger partial charge in [0.05, 0.1) is 24.2 Å². The Morgan fingerprint density at radius 3 is 2.23 bits per heavy atom. The van der Waals surface area contributed by atoms with E-state index in [0.29, 0.717) is 18.2 Å². The summed E-state index contributed by atoms with van der Waals surface area (Å²) in [5.41, 5.74) is -1.90. The third-order valence-electron chi connectivity index (χ3n) is 5.26. The SMILES string of the molecule is CO[NH2+]c1cc(C(/C=C/c2ccc(C(=O)NC(C)C(=O)NCC(F)(F)F)c(C(F)(F)F)c2)C(F)(F)F)ccc1Cl. The summed E-state index contributed by atoms with van der Waals surface area (Å²) in [5.74, 6) is -4.98. The molecule has 2 amide bonds. The minimum absolute atomic E-state index is 0.103. The van der Waals surface area contributed by atoms with Gasteiger partial charge in [-0.25, -0.2) is 4.84 Å². The van der Waals surface area contributed by atoms with E-state index in [-0.39, 0.29) is 21.8 Å². The van der Waals surface area contributed by atoms with Gasteiger partial charge < -0.3 is 10.6 Å². The van der Waals surface area contributed by atoms with E-state index in [1.165, 1.54) is 18.5 Å². The smallest absolute Gasteiger partial charge is 0.345 e. The standard InChI is InChI=1S/C24H21ClF9N3O3/c1-12(20(38)35-11-22(26,27)28)36-21(39)15-6-3-13(9-17(15)24(32,33)34)4-7-16(23(29,30)31)14-5-8-18(25)19(10-14)37-40-2/h3-10,12,16,37H,11H2,1-2H3,(H,35,38)(H,36,39)/p+1/b7-4+. The second-order valence-corrected chi connectivity index (χ2v) is 8.75. The highest BCUT2D eigenvalue weighted by Gasteiger charge is 2.40. The van der Waals surface area contributed by atoms with Crippen LogP contribution >= 0.6 is 11.6 Å². The molecule has 2 aromatic rings. The lowest BCUT2D eigenvalue weighted by Crippen LogP contribution is -2.76. The number of allylic oxidation sites excluding steroid dienone is 1. The molecule has 0 aromatic heterocycles. The van der Waals surface area contributed by atoms with Gasteiger partial charge >= 0.3 is 18.5 Å². The highest BCUT2D eigenvalue weighted by Crippen LogP contribution is 2.39. The molecule has 2 aromatic carbocycles. The van der Waals surface area contributed by atoms with Crippen LogP contribution in [0.3, 0.4) is 0 Å². The number of hydrogen-bond acceptors (Lipinski definition) is 3. The molecule has 4 N–H and O–H groups in total. The van der Waals surface area contributed by atoms with Gasteiger partial charge in [-0.15, -0.1) is 0 Å². The van der Waals surface area contributed by atoms with Gasteiger partial charge in [-0.1, -0.05) is 35.9 Å². The van der Waals surface area contributed by atoms with Crippen molar-refractivity contribution in [2.24, 2.45) is 0 Å². The summed E-state index contributed by atoms with van der Waals surface area (Å²) in [6.07, 6.45) is -13.3. The zero-order valence-corrected chi connectivity index (χ0v) is 21.3. The van der Waals surface area contributed by atoms with Crippen LogP contribution in [-0.2, 0) is 15.8 Å². The van der Waals surface area contributed by atoms with Crippen LogP contribution in [-0.4, -0.2) is 43.9 Å². The molecule has 0 heterocycles. The maximum Gasteiger partial charge on any atom is 0.417 e. The van der Waals surface area contributed by atoms with Gasteiger partial charge in [-0.05, 0) is 36.2 Å². The molecule has 0 saturated heterocycles. The molecule has 0 radical (unpaired) electrons. The molecule has 0 aliphatic carbocycles. The van der Waals surface area contributed by atoms with Gasteiger partial charge in [-0.2, -0.15) is 45.0 Å². The first-order valence-electron chi connectivity index (χ1n) is 11.1. The van der Waals surface area contributed by atoms with Crippen LogP contribution in [0.15, 0.2) is 42.5 Å². The van der Waals surface area contributed by atoms with Gasteiger partial charge in [0.2, 0.25) is 5.91 Å². The van der Waals surface area contributed by atoms with E-state index in [9.17, 15) is 49.1 Å².